The monoisotopic (exact) mass is 371 g/mol. The molecule has 8 nitrogen and oxygen atoms in total. The van der Waals surface area contributed by atoms with Gasteiger partial charge in [0.15, 0.2) is 0 Å². The summed E-state index contributed by atoms with van der Waals surface area (Å²) in [5.74, 6) is -1.70. The number of methoxy groups -OCH3 is 2. The first-order valence-electron chi connectivity index (χ1n) is 8.48. The van der Waals surface area contributed by atoms with Crippen molar-refractivity contribution in [3.8, 4) is 6.07 Å². The summed E-state index contributed by atoms with van der Waals surface area (Å²) < 4.78 is 9.38. The van der Waals surface area contributed by atoms with Crippen LogP contribution < -0.4 is 10.6 Å². The number of nitriles is 1. The van der Waals surface area contributed by atoms with Gasteiger partial charge in [-0.25, -0.2) is 9.59 Å². The molecule has 1 saturated carbocycles. The SMILES string of the molecule is COC(=O)c1ccc(C(=O)OC)c(N/C=C(/C#N)C(=O)NC2CCCC2)c1. The van der Waals surface area contributed by atoms with Gasteiger partial charge in [0, 0.05) is 12.2 Å². The van der Waals surface area contributed by atoms with E-state index < -0.39 is 17.8 Å². The maximum Gasteiger partial charge on any atom is 0.339 e. The van der Waals surface area contributed by atoms with E-state index in [1.165, 1.54) is 38.6 Å². The van der Waals surface area contributed by atoms with Crippen LogP contribution in [0.1, 0.15) is 46.4 Å². The van der Waals surface area contributed by atoms with Crippen molar-refractivity contribution < 1.29 is 23.9 Å². The Morgan fingerprint density at radius 2 is 1.81 bits per heavy atom. The van der Waals surface area contributed by atoms with E-state index >= 15 is 0 Å². The molecule has 0 heterocycles. The average molecular weight is 371 g/mol. The van der Waals surface area contributed by atoms with Crippen LogP contribution in [0, 0.1) is 11.3 Å². The first-order chi connectivity index (χ1) is 13.0. The van der Waals surface area contributed by atoms with Crippen molar-refractivity contribution in [1.82, 2.24) is 5.32 Å². The van der Waals surface area contributed by atoms with Gasteiger partial charge in [-0.2, -0.15) is 5.26 Å². The molecule has 2 N–H and O–H groups in total. The maximum absolute atomic E-state index is 12.2. The largest absolute Gasteiger partial charge is 0.465 e. The Morgan fingerprint density at radius 1 is 1.15 bits per heavy atom. The Hall–Kier alpha value is -3.34. The summed E-state index contributed by atoms with van der Waals surface area (Å²) in [6.45, 7) is 0. The van der Waals surface area contributed by atoms with Crippen molar-refractivity contribution in [2.75, 3.05) is 19.5 Å². The van der Waals surface area contributed by atoms with Crippen molar-refractivity contribution in [3.05, 3.63) is 41.1 Å². The summed E-state index contributed by atoms with van der Waals surface area (Å²) in [7, 11) is 2.47. The lowest BCUT2D eigenvalue weighted by molar-refractivity contribution is -0.117. The molecule has 2 rings (SSSR count). The molecule has 1 aromatic rings. The minimum Gasteiger partial charge on any atom is -0.465 e. The van der Waals surface area contributed by atoms with E-state index in [0.717, 1.165) is 25.7 Å². The van der Waals surface area contributed by atoms with Crippen molar-refractivity contribution in [2.45, 2.75) is 31.7 Å². The van der Waals surface area contributed by atoms with Gasteiger partial charge in [0.05, 0.1) is 31.0 Å². The van der Waals surface area contributed by atoms with Gasteiger partial charge >= 0.3 is 11.9 Å². The maximum atomic E-state index is 12.2. The summed E-state index contributed by atoms with van der Waals surface area (Å²) in [6.07, 6.45) is 5.10. The number of hydrogen-bond acceptors (Lipinski definition) is 7. The topological polar surface area (TPSA) is 118 Å². The number of nitrogens with one attached hydrogen (secondary N) is 2. The Balaban J connectivity index is 2.25. The Kier molecular flexibility index (Phi) is 6.94. The smallest absolute Gasteiger partial charge is 0.339 e. The van der Waals surface area contributed by atoms with Crippen LogP contribution in [0.4, 0.5) is 5.69 Å². The molecule has 0 bridgehead atoms. The highest BCUT2D eigenvalue weighted by Gasteiger charge is 2.20. The van der Waals surface area contributed by atoms with Crippen LogP contribution >= 0.6 is 0 Å². The molecule has 1 aliphatic rings. The Bertz CT molecular complexity index is 804. The number of hydrogen-bond donors (Lipinski definition) is 2. The molecular formula is C19H21N3O5. The molecule has 142 valence electrons. The molecule has 0 aromatic heterocycles. The second-order valence-electron chi connectivity index (χ2n) is 6.01. The van der Waals surface area contributed by atoms with Crippen LogP contribution in [0.2, 0.25) is 0 Å². The molecule has 1 amide bonds. The molecule has 27 heavy (non-hydrogen) atoms. The fourth-order valence-electron chi connectivity index (χ4n) is 2.83. The number of benzene rings is 1. The van der Waals surface area contributed by atoms with E-state index in [4.69, 9.17) is 4.74 Å². The average Bonchev–Trinajstić information content (AvgIpc) is 3.20. The summed E-state index contributed by atoms with van der Waals surface area (Å²) in [5.41, 5.74) is 0.428. The molecule has 1 fully saturated rings. The van der Waals surface area contributed by atoms with Crippen LogP contribution in [0.3, 0.4) is 0 Å². The standard InChI is InChI=1S/C19H21N3O5/c1-26-18(24)12-7-8-15(19(25)27-2)16(9-12)21-11-13(10-20)17(23)22-14-5-3-4-6-14/h7-9,11,14,21H,3-6H2,1-2H3,(H,22,23)/b13-11-. The molecule has 1 aromatic carbocycles. The second-order valence-corrected chi connectivity index (χ2v) is 6.01. The number of nitrogens with zero attached hydrogens (tertiary/aromatic N) is 1. The number of rotatable bonds is 6. The van der Waals surface area contributed by atoms with Gasteiger partial charge in [0.25, 0.3) is 5.91 Å². The summed E-state index contributed by atoms with van der Waals surface area (Å²) in [5, 5.41) is 14.8. The highest BCUT2D eigenvalue weighted by Crippen LogP contribution is 2.21. The minimum atomic E-state index is -0.628. The summed E-state index contributed by atoms with van der Waals surface area (Å²) in [4.78, 5) is 35.9. The number of anilines is 1. The Labute approximate surface area is 157 Å². The number of carbonyl (C=O) groups excluding carboxylic acids is 3. The third-order valence-electron chi connectivity index (χ3n) is 4.27. The highest BCUT2D eigenvalue weighted by atomic mass is 16.5. The zero-order chi connectivity index (χ0) is 19.8. The van der Waals surface area contributed by atoms with E-state index in [-0.39, 0.29) is 28.4 Å². The fraction of sp³-hybridized carbons (Fsp3) is 0.368. The zero-order valence-electron chi connectivity index (χ0n) is 15.2. The molecular weight excluding hydrogens is 350 g/mol. The van der Waals surface area contributed by atoms with Crippen molar-refractivity contribution in [1.29, 1.82) is 5.26 Å². The number of esters is 2. The van der Waals surface area contributed by atoms with Gasteiger partial charge in [-0.05, 0) is 31.0 Å². The van der Waals surface area contributed by atoms with Crippen LogP contribution in [0.15, 0.2) is 30.0 Å². The number of amides is 1. The van der Waals surface area contributed by atoms with E-state index in [2.05, 4.69) is 15.4 Å². The third kappa shape index (κ3) is 5.07. The number of carbonyl (C=O) groups is 3. The quantitative estimate of drug-likeness (QED) is 0.447. The molecule has 0 atom stereocenters. The summed E-state index contributed by atoms with van der Waals surface area (Å²) >= 11 is 0. The molecule has 0 aliphatic heterocycles. The first-order valence-corrected chi connectivity index (χ1v) is 8.48. The predicted octanol–water partition coefficient (Wildman–Crippen LogP) is 2.14. The predicted molar refractivity (Wildman–Crippen MR) is 96.8 cm³/mol. The van der Waals surface area contributed by atoms with Crippen LogP contribution in [0.5, 0.6) is 0 Å². The normalized spacial score (nSPS) is 14.2. The third-order valence-corrected chi connectivity index (χ3v) is 4.27. The summed E-state index contributed by atoms with van der Waals surface area (Å²) in [6, 6.07) is 6.12. The zero-order valence-corrected chi connectivity index (χ0v) is 15.2. The van der Waals surface area contributed by atoms with E-state index in [9.17, 15) is 19.6 Å². The molecule has 0 radical (unpaired) electrons. The van der Waals surface area contributed by atoms with E-state index in [1.54, 1.807) is 0 Å². The molecule has 0 unspecified atom stereocenters. The fourth-order valence-corrected chi connectivity index (χ4v) is 2.83. The lowest BCUT2D eigenvalue weighted by Crippen LogP contribution is -2.33. The van der Waals surface area contributed by atoms with Gasteiger partial charge in [0.2, 0.25) is 0 Å². The molecule has 0 saturated heterocycles. The van der Waals surface area contributed by atoms with Crippen molar-refractivity contribution in [2.24, 2.45) is 0 Å². The van der Waals surface area contributed by atoms with Crippen molar-refractivity contribution >= 4 is 23.5 Å². The lowest BCUT2D eigenvalue weighted by Gasteiger charge is -2.12. The van der Waals surface area contributed by atoms with Crippen LogP contribution in [-0.2, 0) is 14.3 Å². The first kappa shape index (κ1) is 20.0. The highest BCUT2D eigenvalue weighted by molar-refractivity contribution is 6.00. The van der Waals surface area contributed by atoms with Gasteiger partial charge in [-0.3, -0.25) is 4.79 Å². The minimum absolute atomic E-state index is 0.0718. The second kappa shape index (κ2) is 9.38. The van der Waals surface area contributed by atoms with E-state index in [1.807, 2.05) is 6.07 Å². The Morgan fingerprint density at radius 3 is 2.41 bits per heavy atom. The van der Waals surface area contributed by atoms with Gasteiger partial charge < -0.3 is 20.1 Å². The van der Waals surface area contributed by atoms with Gasteiger partial charge in [0.1, 0.15) is 11.6 Å². The molecule has 8 heteroatoms. The van der Waals surface area contributed by atoms with Crippen molar-refractivity contribution in [3.63, 3.8) is 0 Å². The van der Waals surface area contributed by atoms with Crippen LogP contribution in [0.25, 0.3) is 0 Å². The number of ether oxygens (including phenoxy) is 2. The van der Waals surface area contributed by atoms with Gasteiger partial charge in [-0.1, -0.05) is 12.8 Å². The van der Waals surface area contributed by atoms with E-state index in [0.29, 0.717) is 0 Å². The van der Waals surface area contributed by atoms with Crippen LogP contribution in [-0.4, -0.2) is 38.1 Å². The lowest BCUT2D eigenvalue weighted by atomic mass is 10.1. The molecule has 1 aliphatic carbocycles. The van der Waals surface area contributed by atoms with Gasteiger partial charge in [-0.15, -0.1) is 0 Å². The molecule has 0 spiro atoms.